The molecule has 1 atom stereocenters. The Labute approximate surface area is 150 Å². The predicted octanol–water partition coefficient (Wildman–Crippen LogP) is 3.18. The zero-order valence-corrected chi connectivity index (χ0v) is 15.3. The lowest BCUT2D eigenvalue weighted by atomic mass is 9.83. The summed E-state index contributed by atoms with van der Waals surface area (Å²) in [5, 5.41) is 10.2. The van der Waals surface area contributed by atoms with E-state index in [0.29, 0.717) is 13.4 Å². The lowest BCUT2D eigenvalue weighted by molar-refractivity contribution is -0.0893. The van der Waals surface area contributed by atoms with Crippen LogP contribution in [0.4, 0.5) is 0 Å². The van der Waals surface area contributed by atoms with Crippen molar-refractivity contribution in [3.05, 3.63) is 53.2 Å². The largest absolute Gasteiger partial charge is 0.427 e. The van der Waals surface area contributed by atoms with Crippen molar-refractivity contribution in [2.45, 2.75) is 51.2 Å². The van der Waals surface area contributed by atoms with Crippen LogP contribution in [0.25, 0.3) is 17.3 Å². The van der Waals surface area contributed by atoms with Crippen molar-refractivity contribution >= 4 is 19.0 Å². The zero-order valence-electron chi connectivity index (χ0n) is 15.3. The molecule has 1 aromatic carbocycles. The number of rotatable bonds is 5. The maximum atomic E-state index is 10.2. The molecule has 0 radical (unpaired) electrons. The molecule has 128 valence electrons. The van der Waals surface area contributed by atoms with Crippen LogP contribution in [0.15, 0.2) is 42.1 Å². The Hall–Kier alpha value is -1.91. The third-order valence-corrected chi connectivity index (χ3v) is 5.72. The van der Waals surface area contributed by atoms with Crippen LogP contribution in [0.3, 0.4) is 0 Å². The number of aliphatic hydroxyl groups is 1. The van der Waals surface area contributed by atoms with E-state index in [2.05, 4.69) is 29.3 Å². The van der Waals surface area contributed by atoms with E-state index in [1.807, 2.05) is 32.2 Å². The second kappa shape index (κ2) is 5.55. The van der Waals surface area contributed by atoms with Crippen molar-refractivity contribution < 1.29 is 9.76 Å². The maximum absolute atomic E-state index is 10.2. The van der Waals surface area contributed by atoms with Gasteiger partial charge in [-0.3, -0.25) is 4.98 Å². The van der Waals surface area contributed by atoms with E-state index in [1.54, 1.807) is 19.4 Å². The molecule has 0 unspecified atom stereocenters. The Morgan fingerprint density at radius 1 is 1.16 bits per heavy atom. The zero-order chi connectivity index (χ0) is 17.8. The standard InChI is InChI=1S/C21H24BNO2/c1-20(2,24)21(3,4)25-22-16-6-8-19(23-12-16)13-5-7-17-14(9-13)10-15-11-18(15)17/h5-10,12,18,22,24H,11H2,1-4H3/t18-/m1/s1. The average molecular weight is 333 g/mol. The molecule has 1 heterocycles. The van der Waals surface area contributed by atoms with Gasteiger partial charge in [-0.25, -0.2) is 0 Å². The van der Waals surface area contributed by atoms with Gasteiger partial charge in [-0.15, -0.1) is 0 Å². The monoisotopic (exact) mass is 333 g/mol. The molecular weight excluding hydrogens is 309 g/mol. The first-order valence-electron chi connectivity index (χ1n) is 8.91. The molecule has 0 bridgehead atoms. The number of fused-ring (bicyclic) bond motifs is 3. The van der Waals surface area contributed by atoms with Crippen molar-refractivity contribution in [1.29, 1.82) is 0 Å². The summed E-state index contributed by atoms with van der Waals surface area (Å²) in [7, 11) is 0.433. The Balaban J connectivity index is 1.47. The number of nitrogens with zero attached hydrogens (tertiary/aromatic N) is 1. The van der Waals surface area contributed by atoms with Crippen molar-refractivity contribution in [2.24, 2.45) is 0 Å². The summed E-state index contributed by atoms with van der Waals surface area (Å²) >= 11 is 0. The molecule has 4 rings (SSSR count). The third kappa shape index (κ3) is 3.05. The fourth-order valence-electron chi connectivity index (χ4n) is 3.14. The number of aromatic nitrogens is 1. The van der Waals surface area contributed by atoms with Crippen LogP contribution in [0.2, 0.25) is 0 Å². The van der Waals surface area contributed by atoms with Gasteiger partial charge in [0.15, 0.2) is 0 Å². The van der Waals surface area contributed by atoms with Crippen molar-refractivity contribution in [2.75, 3.05) is 0 Å². The quantitative estimate of drug-likeness (QED) is 0.855. The van der Waals surface area contributed by atoms with E-state index in [0.717, 1.165) is 16.7 Å². The highest BCUT2D eigenvalue weighted by atomic mass is 16.5. The number of pyridine rings is 1. The topological polar surface area (TPSA) is 42.4 Å². The van der Waals surface area contributed by atoms with Crippen molar-refractivity contribution in [3.63, 3.8) is 0 Å². The van der Waals surface area contributed by atoms with E-state index < -0.39 is 11.2 Å². The third-order valence-electron chi connectivity index (χ3n) is 5.72. The van der Waals surface area contributed by atoms with E-state index >= 15 is 0 Å². The van der Waals surface area contributed by atoms with E-state index in [1.165, 1.54) is 17.5 Å². The molecule has 4 heteroatoms. The molecule has 25 heavy (non-hydrogen) atoms. The first-order chi connectivity index (χ1) is 11.7. The van der Waals surface area contributed by atoms with Gasteiger partial charge in [-0.2, -0.15) is 0 Å². The highest BCUT2D eigenvalue weighted by Crippen LogP contribution is 2.54. The van der Waals surface area contributed by atoms with Gasteiger partial charge >= 0.3 is 7.48 Å². The summed E-state index contributed by atoms with van der Waals surface area (Å²) in [6.45, 7) is 7.33. The normalized spacial score (nSPS) is 18.4. The molecule has 0 spiro atoms. The van der Waals surface area contributed by atoms with Gasteiger partial charge in [-0.05, 0) is 62.8 Å². The summed E-state index contributed by atoms with van der Waals surface area (Å²) in [6, 6.07) is 10.7. The molecule has 1 N–H and O–H groups in total. The van der Waals surface area contributed by atoms with Crippen LogP contribution in [-0.2, 0) is 4.65 Å². The molecule has 3 nitrogen and oxygen atoms in total. The fourth-order valence-corrected chi connectivity index (χ4v) is 3.14. The van der Waals surface area contributed by atoms with Gasteiger partial charge in [0.05, 0.1) is 16.9 Å². The van der Waals surface area contributed by atoms with Crippen LogP contribution in [0.5, 0.6) is 0 Å². The molecule has 1 fully saturated rings. The van der Waals surface area contributed by atoms with Gasteiger partial charge in [-0.1, -0.05) is 29.8 Å². The molecule has 0 amide bonds. The Bertz CT molecular complexity index is 847. The van der Waals surface area contributed by atoms with Gasteiger partial charge in [0.1, 0.15) is 0 Å². The minimum Gasteiger partial charge on any atom is -0.427 e. The molecule has 0 saturated heterocycles. The van der Waals surface area contributed by atoms with E-state index in [9.17, 15) is 5.11 Å². The first kappa shape index (κ1) is 16.6. The lowest BCUT2D eigenvalue weighted by Crippen LogP contribution is -2.49. The van der Waals surface area contributed by atoms with Crippen LogP contribution in [-0.4, -0.2) is 28.8 Å². The second-order valence-corrected chi connectivity index (χ2v) is 8.23. The number of allylic oxidation sites excluding steroid dienone is 1. The Morgan fingerprint density at radius 2 is 1.96 bits per heavy atom. The van der Waals surface area contributed by atoms with Crippen LogP contribution in [0.1, 0.15) is 51.2 Å². The molecule has 1 aromatic heterocycles. The highest BCUT2D eigenvalue weighted by Gasteiger charge is 2.37. The molecule has 2 aliphatic carbocycles. The van der Waals surface area contributed by atoms with E-state index in [-0.39, 0.29) is 0 Å². The molecule has 0 aliphatic heterocycles. The minimum absolute atomic E-state index is 0.433. The summed E-state index contributed by atoms with van der Waals surface area (Å²) in [4.78, 5) is 4.60. The first-order valence-corrected chi connectivity index (χ1v) is 8.91. The van der Waals surface area contributed by atoms with Crippen LogP contribution >= 0.6 is 0 Å². The lowest BCUT2D eigenvalue weighted by Gasteiger charge is -2.37. The van der Waals surface area contributed by atoms with Gasteiger partial charge in [0.2, 0.25) is 0 Å². The Kier molecular flexibility index (Phi) is 3.67. The predicted molar refractivity (Wildman–Crippen MR) is 103 cm³/mol. The summed E-state index contributed by atoms with van der Waals surface area (Å²) in [6.07, 6.45) is 5.43. The molecular formula is C21H24BNO2. The van der Waals surface area contributed by atoms with Gasteiger partial charge in [0.25, 0.3) is 0 Å². The van der Waals surface area contributed by atoms with E-state index in [4.69, 9.17) is 4.65 Å². The fraction of sp³-hybridized carbons (Fsp3) is 0.381. The van der Waals surface area contributed by atoms with Gasteiger partial charge < -0.3 is 9.76 Å². The minimum atomic E-state index is -0.903. The van der Waals surface area contributed by atoms with Crippen LogP contribution < -0.4 is 5.46 Å². The number of benzene rings is 1. The number of hydrogen-bond donors (Lipinski definition) is 1. The molecule has 2 aromatic rings. The molecule has 1 saturated carbocycles. The SMILES string of the molecule is CC(C)(O)C(C)(C)OBc1ccc(-c2ccc3c(c2)C=C2C[C@H]23)nc1. The highest BCUT2D eigenvalue weighted by molar-refractivity contribution is 6.46. The maximum Gasteiger partial charge on any atom is 0.311 e. The summed E-state index contributed by atoms with van der Waals surface area (Å²) < 4.78 is 5.90. The smallest absolute Gasteiger partial charge is 0.311 e. The summed E-state index contributed by atoms with van der Waals surface area (Å²) in [5.41, 5.74) is 6.00. The Morgan fingerprint density at radius 3 is 2.64 bits per heavy atom. The number of hydrogen-bond acceptors (Lipinski definition) is 3. The molecule has 2 aliphatic rings. The van der Waals surface area contributed by atoms with Gasteiger partial charge in [0, 0.05) is 17.7 Å². The summed E-state index contributed by atoms with van der Waals surface area (Å²) in [5.74, 6) is 0.704. The van der Waals surface area contributed by atoms with Crippen LogP contribution in [0, 0.1) is 0 Å². The second-order valence-electron chi connectivity index (χ2n) is 8.23. The van der Waals surface area contributed by atoms with Crippen molar-refractivity contribution in [3.8, 4) is 11.3 Å². The van der Waals surface area contributed by atoms with Crippen molar-refractivity contribution in [1.82, 2.24) is 4.98 Å². The average Bonchev–Trinajstić information content (AvgIpc) is 3.23.